The Labute approximate surface area is 193 Å². The zero-order valence-corrected chi connectivity index (χ0v) is 18.6. The van der Waals surface area contributed by atoms with E-state index in [2.05, 4.69) is 29.2 Å². The van der Waals surface area contributed by atoms with E-state index in [4.69, 9.17) is 4.74 Å². The van der Waals surface area contributed by atoms with Crippen molar-refractivity contribution in [1.82, 2.24) is 4.90 Å². The summed E-state index contributed by atoms with van der Waals surface area (Å²) in [6.45, 7) is 10.7. The number of amides is 1. The van der Waals surface area contributed by atoms with Gasteiger partial charge in [-0.3, -0.25) is 9.69 Å². The van der Waals surface area contributed by atoms with Crippen LogP contribution in [-0.2, 0) is 10.7 Å². The summed E-state index contributed by atoms with van der Waals surface area (Å²) in [6, 6.07) is 13.0. The molecule has 0 saturated carbocycles. The van der Waals surface area contributed by atoms with Crippen molar-refractivity contribution in [3.8, 4) is 0 Å². The number of hydrogen-bond donors (Lipinski definition) is 1. The third kappa shape index (κ3) is 5.45. The molecule has 1 aliphatic heterocycles. The van der Waals surface area contributed by atoms with E-state index in [1.54, 1.807) is 23.2 Å². The van der Waals surface area contributed by atoms with Crippen LogP contribution in [0.2, 0.25) is 0 Å². The Bertz CT molecular complexity index is 1160. The molecule has 0 aromatic heterocycles. The van der Waals surface area contributed by atoms with E-state index in [9.17, 15) is 13.6 Å². The summed E-state index contributed by atoms with van der Waals surface area (Å²) in [4.78, 5) is 18.6. The number of nitrogens with zero attached hydrogens (tertiary/aromatic N) is 2. The molecule has 0 radical (unpaired) electrons. The zero-order valence-electron chi connectivity index (χ0n) is 18.6. The zero-order chi connectivity index (χ0) is 24.0. The maximum Gasteiger partial charge on any atom is 0.270 e. The Morgan fingerprint density at radius 1 is 1.24 bits per heavy atom. The number of rotatable bonds is 8. The molecule has 0 fully saturated rings. The fraction of sp³-hybridized carbons (Fsp3) is 0.192. The van der Waals surface area contributed by atoms with Gasteiger partial charge in [0.25, 0.3) is 11.8 Å². The first-order valence-corrected chi connectivity index (χ1v) is 10.3. The van der Waals surface area contributed by atoms with Crippen molar-refractivity contribution in [2.75, 3.05) is 18.5 Å². The fourth-order valence-corrected chi connectivity index (χ4v) is 3.32. The molecule has 2 aromatic carbocycles. The van der Waals surface area contributed by atoms with E-state index in [1.165, 1.54) is 24.3 Å². The van der Waals surface area contributed by atoms with E-state index in [0.717, 1.165) is 12.5 Å². The molecule has 172 valence electrons. The van der Waals surface area contributed by atoms with Crippen LogP contribution in [0.5, 0.6) is 0 Å². The quantitative estimate of drug-likeness (QED) is 0.295. The van der Waals surface area contributed by atoms with Crippen molar-refractivity contribution >= 4 is 23.2 Å². The minimum atomic E-state index is -2.91. The normalized spacial score (nSPS) is 13.8. The number of nitrogens with one attached hydrogen (secondary N) is 1. The summed E-state index contributed by atoms with van der Waals surface area (Å²) in [5.74, 6) is -2.84. The van der Waals surface area contributed by atoms with Crippen LogP contribution in [0.3, 0.4) is 0 Å². The fourth-order valence-electron chi connectivity index (χ4n) is 3.32. The van der Waals surface area contributed by atoms with Gasteiger partial charge in [-0.05, 0) is 25.1 Å². The maximum absolute atomic E-state index is 13.4. The molecule has 1 heterocycles. The lowest BCUT2D eigenvalue weighted by atomic mass is 10.1. The molecule has 1 amide bonds. The van der Waals surface area contributed by atoms with Crippen LogP contribution >= 0.6 is 0 Å². The molecule has 0 saturated heterocycles. The molecule has 2 aromatic rings. The van der Waals surface area contributed by atoms with Gasteiger partial charge in [-0.2, -0.15) is 0 Å². The van der Waals surface area contributed by atoms with Gasteiger partial charge >= 0.3 is 0 Å². The standard InChI is InChI=1S/C26H25F2N3O2.H2/c1-5-15-29-24(18(3)30-20-13-11-19(12-14-20)26(4,27)28)33-17-16-31-23(6-2)21-9-7-8-10-22(21)25(31)32;/h5,7-15,30H,2-3,16-17H2,1,4H3;1H/b15-5-,29-24?;. The third-order valence-corrected chi connectivity index (χ3v) is 4.93. The van der Waals surface area contributed by atoms with Crippen LogP contribution in [0.25, 0.3) is 5.70 Å². The van der Waals surface area contributed by atoms with E-state index < -0.39 is 5.92 Å². The first-order valence-electron chi connectivity index (χ1n) is 10.3. The number of aliphatic imine (C=N–C) groups is 1. The van der Waals surface area contributed by atoms with Crippen LogP contribution in [0.1, 0.15) is 36.8 Å². The number of anilines is 1. The summed E-state index contributed by atoms with van der Waals surface area (Å²) in [5, 5.41) is 3.01. The molecule has 5 nitrogen and oxygen atoms in total. The Balaban J connectivity index is 0.00000408. The Kier molecular flexibility index (Phi) is 7.26. The topological polar surface area (TPSA) is 53.9 Å². The number of fused-ring (bicyclic) bond motifs is 1. The molecule has 0 aliphatic carbocycles. The van der Waals surface area contributed by atoms with Gasteiger partial charge < -0.3 is 10.1 Å². The van der Waals surface area contributed by atoms with Gasteiger partial charge in [0, 0.05) is 36.9 Å². The molecular weight excluding hydrogens is 424 g/mol. The molecule has 0 bridgehead atoms. The summed E-state index contributed by atoms with van der Waals surface area (Å²) < 4.78 is 32.7. The molecule has 33 heavy (non-hydrogen) atoms. The number of halogens is 2. The average molecular weight is 452 g/mol. The summed E-state index contributed by atoms with van der Waals surface area (Å²) in [6.07, 6.45) is 3.28. The second-order valence-electron chi connectivity index (χ2n) is 7.36. The second-order valence-corrected chi connectivity index (χ2v) is 7.36. The van der Waals surface area contributed by atoms with Crippen LogP contribution < -0.4 is 5.32 Å². The van der Waals surface area contributed by atoms with Crippen molar-refractivity contribution in [2.45, 2.75) is 19.8 Å². The smallest absolute Gasteiger partial charge is 0.270 e. The molecule has 3 rings (SSSR count). The molecule has 1 aliphatic rings. The second kappa shape index (κ2) is 10.1. The monoisotopic (exact) mass is 451 g/mol. The largest absolute Gasteiger partial charge is 0.474 e. The van der Waals surface area contributed by atoms with Gasteiger partial charge in [-0.25, -0.2) is 13.8 Å². The Morgan fingerprint density at radius 2 is 1.91 bits per heavy atom. The van der Waals surface area contributed by atoms with Gasteiger partial charge in [-0.1, -0.05) is 49.6 Å². The summed E-state index contributed by atoms with van der Waals surface area (Å²) in [5.41, 5.74) is 5.65. The maximum atomic E-state index is 13.4. The third-order valence-electron chi connectivity index (χ3n) is 4.93. The first kappa shape index (κ1) is 23.7. The molecule has 0 unspecified atom stereocenters. The number of benzene rings is 2. The predicted molar refractivity (Wildman–Crippen MR) is 129 cm³/mol. The highest BCUT2D eigenvalue weighted by Crippen LogP contribution is 2.31. The van der Waals surface area contributed by atoms with Crippen LogP contribution in [0, 0.1) is 0 Å². The van der Waals surface area contributed by atoms with Crippen molar-refractivity contribution < 1.29 is 19.7 Å². The number of ether oxygens (including phenoxy) is 1. The molecule has 0 spiro atoms. The van der Waals surface area contributed by atoms with Gasteiger partial charge in [-0.15, -0.1) is 5.73 Å². The number of allylic oxidation sites excluding steroid dienone is 1. The lowest BCUT2D eigenvalue weighted by Gasteiger charge is -2.19. The minimum absolute atomic E-state index is 0. The van der Waals surface area contributed by atoms with Gasteiger partial charge in [0.2, 0.25) is 5.90 Å². The number of hydrogen-bond acceptors (Lipinski definition) is 4. The number of carbonyl (C=O) groups excluding carboxylic acids is 1. The van der Waals surface area contributed by atoms with Gasteiger partial charge in [0.1, 0.15) is 6.61 Å². The average Bonchev–Trinajstić information content (AvgIpc) is 3.06. The lowest BCUT2D eigenvalue weighted by Crippen LogP contribution is -2.28. The number of carbonyl (C=O) groups is 1. The summed E-state index contributed by atoms with van der Waals surface area (Å²) >= 11 is 0. The van der Waals surface area contributed by atoms with E-state index in [0.29, 0.717) is 22.6 Å². The van der Waals surface area contributed by atoms with Gasteiger partial charge in [0.15, 0.2) is 0 Å². The predicted octanol–water partition coefficient (Wildman–Crippen LogP) is 6.20. The van der Waals surface area contributed by atoms with Crippen LogP contribution in [0.15, 0.2) is 90.4 Å². The Hall–Kier alpha value is -3.96. The SMILES string of the molecule is C=C=C1c2ccccc2C(=O)N1CCOC(=N/C=C\C)C(=C)Nc1ccc(C(C)(F)F)cc1.[HH]. The van der Waals surface area contributed by atoms with Crippen molar-refractivity contribution in [1.29, 1.82) is 0 Å². The van der Waals surface area contributed by atoms with E-state index in [1.807, 2.05) is 25.1 Å². The molecule has 7 heteroatoms. The molecule has 1 N–H and O–H groups in total. The van der Waals surface area contributed by atoms with Crippen molar-refractivity contribution in [3.63, 3.8) is 0 Å². The Morgan fingerprint density at radius 3 is 2.52 bits per heavy atom. The molecular formula is C26H27F2N3O2. The van der Waals surface area contributed by atoms with Crippen LogP contribution in [-0.4, -0.2) is 29.9 Å². The minimum Gasteiger partial charge on any atom is -0.474 e. The lowest BCUT2D eigenvalue weighted by molar-refractivity contribution is 0.0175. The molecule has 0 atom stereocenters. The van der Waals surface area contributed by atoms with Crippen molar-refractivity contribution in [2.24, 2.45) is 4.99 Å². The summed E-state index contributed by atoms with van der Waals surface area (Å²) in [7, 11) is 0. The van der Waals surface area contributed by atoms with Crippen LogP contribution in [0.4, 0.5) is 14.5 Å². The van der Waals surface area contributed by atoms with E-state index in [-0.39, 0.29) is 31.9 Å². The highest BCUT2D eigenvalue weighted by molar-refractivity contribution is 6.09. The first-order chi connectivity index (χ1) is 15.8. The van der Waals surface area contributed by atoms with E-state index >= 15 is 0 Å². The van der Waals surface area contributed by atoms with Gasteiger partial charge in [0.05, 0.1) is 17.9 Å². The number of alkyl halides is 2. The van der Waals surface area contributed by atoms with Crippen molar-refractivity contribution in [3.05, 3.63) is 102 Å². The highest BCUT2D eigenvalue weighted by atomic mass is 19.3. The highest BCUT2D eigenvalue weighted by Gasteiger charge is 2.31.